The molecule has 0 spiro atoms. The van der Waals surface area contributed by atoms with Crippen molar-refractivity contribution in [3.8, 4) is 10.6 Å². The Hall–Kier alpha value is -2.16. The number of benzene rings is 2. The van der Waals surface area contributed by atoms with Crippen LogP contribution in [-0.2, 0) is 12.4 Å². The van der Waals surface area contributed by atoms with Gasteiger partial charge in [-0.2, -0.15) is 26.3 Å². The summed E-state index contributed by atoms with van der Waals surface area (Å²) < 4.78 is 90.8. The highest BCUT2D eigenvalue weighted by Gasteiger charge is 2.37. The van der Waals surface area contributed by atoms with Gasteiger partial charge >= 0.3 is 12.4 Å². The topological polar surface area (TPSA) is 12.9 Å². The minimum Gasteiger partial charge on any atom is -0.236 e. The quantitative estimate of drug-likeness (QED) is 0.472. The zero-order chi connectivity index (χ0) is 17.7. The van der Waals surface area contributed by atoms with Crippen molar-refractivity contribution in [1.82, 2.24) is 4.98 Å². The van der Waals surface area contributed by atoms with Gasteiger partial charge in [-0.1, -0.05) is 0 Å². The Morgan fingerprint density at radius 3 is 1.92 bits per heavy atom. The first kappa shape index (κ1) is 16.7. The summed E-state index contributed by atoms with van der Waals surface area (Å²) in [5, 5.41) is -0.0489. The number of hydrogen-bond donors (Lipinski definition) is 0. The molecular formula is C15H6F7NS. The Labute approximate surface area is 134 Å². The highest BCUT2D eigenvalue weighted by Crippen LogP contribution is 2.40. The van der Waals surface area contributed by atoms with Crippen molar-refractivity contribution in [3.63, 3.8) is 0 Å². The van der Waals surface area contributed by atoms with Gasteiger partial charge < -0.3 is 0 Å². The molecule has 126 valence electrons. The van der Waals surface area contributed by atoms with Crippen LogP contribution in [0.3, 0.4) is 0 Å². The minimum absolute atomic E-state index is 0.0489. The van der Waals surface area contributed by atoms with Crippen LogP contribution in [0.15, 0.2) is 36.4 Å². The first-order valence-electron chi connectivity index (χ1n) is 6.40. The molecule has 1 nitrogen and oxygen atoms in total. The fourth-order valence-corrected chi connectivity index (χ4v) is 3.08. The van der Waals surface area contributed by atoms with Gasteiger partial charge in [-0.05, 0) is 36.4 Å². The van der Waals surface area contributed by atoms with Crippen molar-refractivity contribution >= 4 is 21.6 Å². The molecule has 24 heavy (non-hydrogen) atoms. The van der Waals surface area contributed by atoms with Crippen LogP contribution in [0.1, 0.15) is 11.1 Å². The maximum absolute atomic E-state index is 13.2. The molecule has 1 aromatic heterocycles. The molecule has 1 heterocycles. The van der Waals surface area contributed by atoms with Crippen molar-refractivity contribution < 1.29 is 30.7 Å². The molecule has 3 rings (SSSR count). The van der Waals surface area contributed by atoms with Crippen LogP contribution in [0, 0.1) is 5.82 Å². The van der Waals surface area contributed by atoms with Gasteiger partial charge in [0.15, 0.2) is 0 Å². The highest BCUT2D eigenvalue weighted by atomic mass is 32.1. The van der Waals surface area contributed by atoms with Crippen LogP contribution < -0.4 is 0 Å². The van der Waals surface area contributed by atoms with Gasteiger partial charge in [-0.3, -0.25) is 0 Å². The molecule has 0 radical (unpaired) electrons. The first-order chi connectivity index (χ1) is 11.0. The second kappa shape index (κ2) is 5.44. The van der Waals surface area contributed by atoms with Gasteiger partial charge in [0.1, 0.15) is 10.8 Å². The average Bonchev–Trinajstić information content (AvgIpc) is 2.88. The Morgan fingerprint density at radius 1 is 0.792 bits per heavy atom. The van der Waals surface area contributed by atoms with E-state index >= 15 is 0 Å². The lowest BCUT2D eigenvalue weighted by molar-refractivity contribution is -0.143. The normalized spacial score (nSPS) is 12.8. The molecule has 0 aliphatic carbocycles. The van der Waals surface area contributed by atoms with Gasteiger partial charge in [-0.15, -0.1) is 11.3 Å². The van der Waals surface area contributed by atoms with E-state index in [0.717, 1.165) is 23.5 Å². The molecule has 0 amide bonds. The molecule has 0 aliphatic heterocycles. The summed E-state index contributed by atoms with van der Waals surface area (Å²) in [7, 11) is 0. The second-order valence-electron chi connectivity index (χ2n) is 4.93. The lowest BCUT2D eigenvalue weighted by atomic mass is 10.1. The highest BCUT2D eigenvalue weighted by molar-refractivity contribution is 7.21. The third-order valence-corrected chi connectivity index (χ3v) is 4.25. The number of aromatic nitrogens is 1. The summed E-state index contributed by atoms with van der Waals surface area (Å²) in [6.45, 7) is 0. The smallest absolute Gasteiger partial charge is 0.236 e. The van der Waals surface area contributed by atoms with E-state index in [2.05, 4.69) is 4.98 Å². The van der Waals surface area contributed by atoms with E-state index in [-0.39, 0.29) is 16.6 Å². The molecule has 0 saturated heterocycles. The van der Waals surface area contributed by atoms with Crippen LogP contribution in [0.4, 0.5) is 30.7 Å². The van der Waals surface area contributed by atoms with E-state index in [0.29, 0.717) is 22.3 Å². The number of fused-ring (bicyclic) bond motifs is 1. The summed E-state index contributed by atoms with van der Waals surface area (Å²) in [5.41, 5.74) is -2.86. The number of halogens is 7. The Kier molecular flexibility index (Phi) is 3.78. The standard InChI is InChI=1S/C15H6F7NS/c16-10-1-2-11-12(6-10)24-13(23-11)7-3-8(14(17,18)19)5-9(4-7)15(20,21)22/h1-6H. The van der Waals surface area contributed by atoms with Crippen LogP contribution in [0.5, 0.6) is 0 Å². The lowest BCUT2D eigenvalue weighted by Crippen LogP contribution is -2.11. The van der Waals surface area contributed by atoms with Crippen LogP contribution >= 0.6 is 11.3 Å². The molecule has 3 aromatic rings. The number of nitrogens with zero attached hydrogens (tertiary/aromatic N) is 1. The Balaban J connectivity index is 2.21. The number of thiazole rings is 1. The molecular weight excluding hydrogens is 359 g/mol. The molecule has 0 aliphatic rings. The number of alkyl halides is 6. The fourth-order valence-electron chi connectivity index (χ4n) is 2.10. The van der Waals surface area contributed by atoms with E-state index in [1.807, 2.05) is 0 Å². The molecule has 0 fully saturated rings. The second-order valence-corrected chi connectivity index (χ2v) is 5.96. The maximum Gasteiger partial charge on any atom is 0.416 e. The molecule has 9 heteroatoms. The van der Waals surface area contributed by atoms with E-state index in [4.69, 9.17) is 0 Å². The maximum atomic E-state index is 13.2. The number of rotatable bonds is 1. The molecule has 0 N–H and O–H groups in total. The predicted octanol–water partition coefficient (Wildman–Crippen LogP) is 6.14. The summed E-state index contributed by atoms with van der Waals surface area (Å²) in [5.74, 6) is -0.572. The predicted molar refractivity (Wildman–Crippen MR) is 75.0 cm³/mol. The third-order valence-electron chi connectivity index (χ3n) is 3.19. The zero-order valence-electron chi connectivity index (χ0n) is 11.5. The zero-order valence-corrected chi connectivity index (χ0v) is 12.3. The molecule has 0 unspecified atom stereocenters. The Morgan fingerprint density at radius 2 is 1.38 bits per heavy atom. The van der Waals surface area contributed by atoms with Crippen molar-refractivity contribution in [2.75, 3.05) is 0 Å². The molecule has 2 aromatic carbocycles. The van der Waals surface area contributed by atoms with Crippen molar-refractivity contribution in [2.45, 2.75) is 12.4 Å². The molecule has 0 bridgehead atoms. The van der Waals surface area contributed by atoms with E-state index in [1.165, 1.54) is 6.07 Å². The third kappa shape index (κ3) is 3.21. The van der Waals surface area contributed by atoms with Crippen LogP contribution in [0.2, 0.25) is 0 Å². The van der Waals surface area contributed by atoms with Gasteiger partial charge in [0, 0.05) is 5.56 Å². The molecule has 0 atom stereocenters. The lowest BCUT2D eigenvalue weighted by Gasteiger charge is -2.13. The van der Waals surface area contributed by atoms with E-state index < -0.39 is 29.3 Å². The van der Waals surface area contributed by atoms with Crippen molar-refractivity contribution in [2.24, 2.45) is 0 Å². The SMILES string of the molecule is Fc1ccc2nc(-c3cc(C(F)(F)F)cc(C(F)(F)F)c3)sc2c1. The summed E-state index contributed by atoms with van der Waals surface area (Å²) in [6, 6.07) is 4.79. The molecule has 0 saturated carbocycles. The van der Waals surface area contributed by atoms with Gasteiger partial charge in [-0.25, -0.2) is 9.37 Å². The summed E-state index contributed by atoms with van der Waals surface area (Å²) in [6.07, 6.45) is -9.86. The fraction of sp³-hybridized carbons (Fsp3) is 0.133. The van der Waals surface area contributed by atoms with Crippen LogP contribution in [0.25, 0.3) is 20.8 Å². The largest absolute Gasteiger partial charge is 0.416 e. The van der Waals surface area contributed by atoms with Crippen LogP contribution in [-0.4, -0.2) is 4.98 Å². The first-order valence-corrected chi connectivity index (χ1v) is 7.21. The average molecular weight is 365 g/mol. The van der Waals surface area contributed by atoms with Gasteiger partial charge in [0.05, 0.1) is 21.3 Å². The van der Waals surface area contributed by atoms with Crippen molar-refractivity contribution in [1.29, 1.82) is 0 Å². The monoisotopic (exact) mass is 365 g/mol. The number of hydrogen-bond acceptors (Lipinski definition) is 2. The van der Waals surface area contributed by atoms with Gasteiger partial charge in [0.25, 0.3) is 0 Å². The van der Waals surface area contributed by atoms with E-state index in [1.54, 1.807) is 0 Å². The van der Waals surface area contributed by atoms with E-state index in [9.17, 15) is 30.7 Å². The van der Waals surface area contributed by atoms with Crippen molar-refractivity contribution in [3.05, 3.63) is 53.3 Å². The van der Waals surface area contributed by atoms with Gasteiger partial charge in [0.2, 0.25) is 0 Å². The Bertz CT molecular complexity index is 876. The summed E-state index contributed by atoms with van der Waals surface area (Å²) >= 11 is 0.817. The summed E-state index contributed by atoms with van der Waals surface area (Å²) in [4.78, 5) is 3.99. The minimum atomic E-state index is -4.93.